The Hall–Kier alpha value is -3.44. The number of imidazole rings is 1. The van der Waals surface area contributed by atoms with Gasteiger partial charge in [0.15, 0.2) is 5.69 Å². The second kappa shape index (κ2) is 12.0. The number of aliphatic carboxylic acids is 1. The summed E-state index contributed by atoms with van der Waals surface area (Å²) in [6.07, 6.45) is -0.475. The lowest BCUT2D eigenvalue weighted by Crippen LogP contribution is -2.30. The van der Waals surface area contributed by atoms with Gasteiger partial charge in [0.1, 0.15) is 5.65 Å². The number of esters is 1. The lowest BCUT2D eigenvalue weighted by Gasteiger charge is -2.22. The summed E-state index contributed by atoms with van der Waals surface area (Å²) in [6.45, 7) is 8.23. The lowest BCUT2D eigenvalue weighted by atomic mass is 10.1. The molecule has 3 aromatic rings. The number of pyridine rings is 1. The third kappa shape index (κ3) is 7.28. The van der Waals surface area contributed by atoms with Crippen molar-refractivity contribution in [2.24, 2.45) is 0 Å². The van der Waals surface area contributed by atoms with E-state index in [0.29, 0.717) is 5.69 Å². The number of rotatable bonds is 5. The third-order valence-electron chi connectivity index (χ3n) is 5.86. The molecule has 0 atom stereocenters. The van der Waals surface area contributed by atoms with Gasteiger partial charge in [-0.05, 0) is 38.1 Å². The number of carbonyl (C=O) groups excluding carboxylic acids is 1. The number of aromatic nitrogens is 2. The number of fused-ring (bicyclic) bond motifs is 1. The van der Waals surface area contributed by atoms with Gasteiger partial charge in [0.2, 0.25) is 0 Å². The van der Waals surface area contributed by atoms with Gasteiger partial charge in [-0.25, -0.2) is 14.6 Å². The summed E-state index contributed by atoms with van der Waals surface area (Å²) in [4.78, 5) is 30.3. The first-order valence-corrected chi connectivity index (χ1v) is 11.4. The summed E-state index contributed by atoms with van der Waals surface area (Å²) in [5.41, 5.74) is 5.11. The molecule has 36 heavy (non-hydrogen) atoms. The minimum absolute atomic E-state index is 0.365. The van der Waals surface area contributed by atoms with E-state index >= 15 is 0 Å². The zero-order valence-electron chi connectivity index (χ0n) is 20.2. The average molecular weight is 507 g/mol. The Morgan fingerprint density at radius 1 is 1.03 bits per heavy atom. The van der Waals surface area contributed by atoms with Crippen LogP contribution in [0.15, 0.2) is 48.8 Å². The first kappa shape index (κ1) is 27.2. The van der Waals surface area contributed by atoms with E-state index in [0.717, 1.165) is 56.9 Å². The topological polar surface area (TPSA) is 87.4 Å². The number of halogens is 3. The molecular formula is C25H29F3N4O4. The molecule has 0 amide bonds. The maximum atomic E-state index is 11.9. The Bertz CT molecular complexity index is 1180. The number of aryl methyl sites for hydroxylation is 1. The predicted octanol–water partition coefficient (Wildman–Crippen LogP) is 3.77. The molecule has 1 aliphatic rings. The van der Waals surface area contributed by atoms with Crippen molar-refractivity contribution in [3.8, 4) is 0 Å². The minimum atomic E-state index is -5.08. The maximum Gasteiger partial charge on any atom is 0.490 e. The van der Waals surface area contributed by atoms with Crippen LogP contribution in [0.4, 0.5) is 13.2 Å². The van der Waals surface area contributed by atoms with E-state index in [1.54, 1.807) is 6.20 Å². The number of carboxylic acid groups (broad SMARTS) is 1. The van der Waals surface area contributed by atoms with Crippen molar-refractivity contribution in [1.29, 1.82) is 0 Å². The Morgan fingerprint density at radius 3 is 2.22 bits per heavy atom. The van der Waals surface area contributed by atoms with Gasteiger partial charge in [0, 0.05) is 37.9 Å². The molecule has 1 aliphatic heterocycles. The quantitative estimate of drug-likeness (QED) is 0.527. The monoisotopic (exact) mass is 506 g/mol. The maximum absolute atomic E-state index is 11.9. The number of hydrogen-bond acceptors (Lipinski definition) is 6. The molecule has 0 bridgehead atoms. The van der Waals surface area contributed by atoms with E-state index in [4.69, 9.17) is 14.6 Å². The molecule has 194 valence electrons. The molecule has 0 radical (unpaired) electrons. The highest BCUT2D eigenvalue weighted by Gasteiger charge is 2.38. The molecule has 1 aromatic carbocycles. The predicted molar refractivity (Wildman–Crippen MR) is 127 cm³/mol. The van der Waals surface area contributed by atoms with Crippen molar-refractivity contribution in [1.82, 2.24) is 19.2 Å². The van der Waals surface area contributed by atoms with Crippen LogP contribution in [0.25, 0.3) is 5.65 Å². The Labute approximate surface area is 206 Å². The van der Waals surface area contributed by atoms with Crippen LogP contribution in [0.5, 0.6) is 0 Å². The molecule has 0 aliphatic carbocycles. The lowest BCUT2D eigenvalue weighted by molar-refractivity contribution is -0.192. The van der Waals surface area contributed by atoms with Gasteiger partial charge >= 0.3 is 18.1 Å². The molecule has 1 N–H and O–H groups in total. The number of methoxy groups -OCH3 is 1. The van der Waals surface area contributed by atoms with E-state index in [1.807, 2.05) is 16.7 Å². The minimum Gasteiger partial charge on any atom is -0.475 e. The van der Waals surface area contributed by atoms with Crippen LogP contribution in [0, 0.1) is 6.92 Å². The van der Waals surface area contributed by atoms with Gasteiger partial charge in [-0.15, -0.1) is 0 Å². The van der Waals surface area contributed by atoms with Gasteiger partial charge in [-0.3, -0.25) is 14.2 Å². The number of hydrogen-bond donors (Lipinski definition) is 1. The van der Waals surface area contributed by atoms with Crippen LogP contribution < -0.4 is 0 Å². The fourth-order valence-corrected chi connectivity index (χ4v) is 3.98. The molecule has 3 heterocycles. The largest absolute Gasteiger partial charge is 0.490 e. The van der Waals surface area contributed by atoms with Crippen molar-refractivity contribution in [2.45, 2.75) is 32.6 Å². The highest BCUT2D eigenvalue weighted by molar-refractivity contribution is 5.88. The van der Waals surface area contributed by atoms with Crippen molar-refractivity contribution in [3.63, 3.8) is 0 Å². The van der Waals surface area contributed by atoms with Crippen molar-refractivity contribution >= 4 is 17.6 Å². The third-order valence-corrected chi connectivity index (χ3v) is 5.86. The highest BCUT2D eigenvalue weighted by atomic mass is 19.4. The van der Waals surface area contributed by atoms with E-state index in [2.05, 4.69) is 52.0 Å². The van der Waals surface area contributed by atoms with Gasteiger partial charge < -0.3 is 9.84 Å². The average Bonchev–Trinajstić information content (AvgIpc) is 3.16. The van der Waals surface area contributed by atoms with Gasteiger partial charge in [-0.1, -0.05) is 35.9 Å². The first-order valence-electron chi connectivity index (χ1n) is 11.4. The molecule has 0 saturated carbocycles. The van der Waals surface area contributed by atoms with Gasteiger partial charge in [0.05, 0.1) is 13.3 Å². The molecule has 11 heteroatoms. The molecule has 2 aromatic heterocycles. The van der Waals surface area contributed by atoms with Crippen molar-refractivity contribution in [3.05, 3.63) is 71.2 Å². The van der Waals surface area contributed by atoms with E-state index in [9.17, 15) is 18.0 Å². The number of benzene rings is 1. The van der Waals surface area contributed by atoms with E-state index in [1.165, 1.54) is 18.2 Å². The van der Waals surface area contributed by atoms with E-state index < -0.39 is 12.1 Å². The van der Waals surface area contributed by atoms with Crippen LogP contribution in [-0.4, -0.2) is 75.7 Å². The number of ether oxygens (including phenoxy) is 1. The summed E-state index contributed by atoms with van der Waals surface area (Å²) >= 11 is 0. The molecular weight excluding hydrogens is 477 g/mol. The summed E-state index contributed by atoms with van der Waals surface area (Å²) < 4.78 is 38.4. The smallest absolute Gasteiger partial charge is 0.475 e. The first-order chi connectivity index (χ1) is 17.1. The van der Waals surface area contributed by atoms with Gasteiger partial charge in [0.25, 0.3) is 0 Å². The van der Waals surface area contributed by atoms with Crippen LogP contribution in [0.1, 0.15) is 33.6 Å². The molecule has 1 fully saturated rings. The van der Waals surface area contributed by atoms with Crippen LogP contribution in [0.2, 0.25) is 0 Å². The van der Waals surface area contributed by atoms with Crippen LogP contribution in [0.3, 0.4) is 0 Å². The van der Waals surface area contributed by atoms with Crippen LogP contribution in [-0.2, 0) is 22.6 Å². The van der Waals surface area contributed by atoms with E-state index in [-0.39, 0.29) is 5.97 Å². The summed E-state index contributed by atoms with van der Waals surface area (Å²) in [7, 11) is 1.39. The zero-order valence-corrected chi connectivity index (χ0v) is 20.2. The summed E-state index contributed by atoms with van der Waals surface area (Å²) in [6, 6.07) is 12.9. The molecule has 8 nitrogen and oxygen atoms in total. The number of alkyl halides is 3. The normalized spacial score (nSPS) is 15.1. The Morgan fingerprint density at radius 2 is 1.64 bits per heavy atom. The summed E-state index contributed by atoms with van der Waals surface area (Å²) in [5, 5.41) is 7.12. The highest BCUT2D eigenvalue weighted by Crippen LogP contribution is 2.17. The Balaban J connectivity index is 0.000000454. The SMILES string of the molecule is COC(=O)c1cnc2c(CN3CCCN(Cc4ccc(C)cc4)CC3)cccn12.O=C(O)C(F)(F)F. The fraction of sp³-hybridized carbons (Fsp3) is 0.400. The van der Waals surface area contributed by atoms with Crippen molar-refractivity contribution in [2.75, 3.05) is 33.3 Å². The number of nitrogens with zero attached hydrogens (tertiary/aromatic N) is 4. The van der Waals surface area contributed by atoms with Gasteiger partial charge in [-0.2, -0.15) is 13.2 Å². The molecule has 1 saturated heterocycles. The fourth-order valence-electron chi connectivity index (χ4n) is 3.98. The molecule has 0 unspecified atom stereocenters. The zero-order chi connectivity index (χ0) is 26.3. The molecule has 0 spiro atoms. The standard InChI is InChI=1S/C23H28N4O2.C2HF3O2/c1-18-6-8-19(9-7-18)16-25-10-4-11-26(14-13-25)17-20-5-3-12-27-21(23(28)29-2)15-24-22(20)27;3-2(4,5)1(6)7/h3,5-9,12,15H,4,10-11,13-14,16-17H2,1-2H3;(H,6,7). The number of carboxylic acids is 1. The number of carbonyl (C=O) groups is 2. The second-order valence-corrected chi connectivity index (χ2v) is 8.56. The molecule has 4 rings (SSSR count). The Kier molecular flexibility index (Phi) is 9.05. The second-order valence-electron chi connectivity index (χ2n) is 8.56. The van der Waals surface area contributed by atoms with Crippen molar-refractivity contribution < 1.29 is 32.6 Å². The summed E-state index contributed by atoms with van der Waals surface area (Å²) in [5.74, 6) is -3.12. The van der Waals surface area contributed by atoms with Crippen LogP contribution >= 0.6 is 0 Å².